The van der Waals surface area contributed by atoms with Gasteiger partial charge in [0.15, 0.2) is 11.5 Å². The van der Waals surface area contributed by atoms with Crippen LogP contribution in [0.5, 0.6) is 11.5 Å². The normalized spacial score (nSPS) is 22.7. The third-order valence-corrected chi connectivity index (χ3v) is 3.98. The maximum Gasteiger partial charge on any atom is 0.163 e. The van der Waals surface area contributed by atoms with Gasteiger partial charge < -0.3 is 24.8 Å². The van der Waals surface area contributed by atoms with Crippen LogP contribution in [0.15, 0.2) is 12.1 Å². The lowest BCUT2D eigenvalue weighted by Gasteiger charge is -2.27. The third kappa shape index (κ3) is 3.73. The van der Waals surface area contributed by atoms with E-state index < -0.39 is 0 Å². The Morgan fingerprint density at radius 2 is 2.05 bits per heavy atom. The van der Waals surface area contributed by atoms with E-state index in [0.29, 0.717) is 30.0 Å². The largest absolute Gasteiger partial charge is 0.486 e. The molecule has 0 aromatic heterocycles. The zero-order valence-electron chi connectivity index (χ0n) is 12.2. The predicted molar refractivity (Wildman–Crippen MR) is 82.8 cm³/mol. The molecule has 3 rings (SSSR count). The molecular formula is C15H21ClN2O3. The summed E-state index contributed by atoms with van der Waals surface area (Å²) in [6.45, 7) is 5.77. The summed E-state index contributed by atoms with van der Waals surface area (Å²) in [5.41, 5.74) is 0.880. The van der Waals surface area contributed by atoms with Crippen LogP contribution in [0.4, 0.5) is 5.69 Å². The number of hydrogen-bond acceptors (Lipinski definition) is 5. The molecule has 116 valence electrons. The van der Waals surface area contributed by atoms with Gasteiger partial charge in [-0.3, -0.25) is 0 Å². The van der Waals surface area contributed by atoms with Gasteiger partial charge in [0.2, 0.25) is 0 Å². The Labute approximate surface area is 129 Å². The van der Waals surface area contributed by atoms with Crippen molar-refractivity contribution in [2.75, 3.05) is 38.3 Å². The Hall–Kier alpha value is -1.17. The van der Waals surface area contributed by atoms with Crippen LogP contribution in [0.1, 0.15) is 13.3 Å². The van der Waals surface area contributed by atoms with E-state index in [-0.39, 0.29) is 6.04 Å². The smallest absolute Gasteiger partial charge is 0.163 e. The summed E-state index contributed by atoms with van der Waals surface area (Å²) in [5, 5.41) is 7.55. The zero-order chi connectivity index (χ0) is 14.7. The van der Waals surface area contributed by atoms with Crippen molar-refractivity contribution in [2.45, 2.75) is 25.4 Å². The Balaban J connectivity index is 1.63. The molecule has 6 heteroatoms. The molecule has 0 radical (unpaired) electrons. The summed E-state index contributed by atoms with van der Waals surface area (Å²) in [6.07, 6.45) is 0.977. The van der Waals surface area contributed by atoms with Crippen molar-refractivity contribution < 1.29 is 14.2 Å². The number of benzene rings is 1. The minimum atomic E-state index is 0.282. The lowest BCUT2D eigenvalue weighted by atomic mass is 10.1. The van der Waals surface area contributed by atoms with Crippen molar-refractivity contribution in [2.24, 2.45) is 0 Å². The number of morpholine rings is 1. The van der Waals surface area contributed by atoms with Crippen LogP contribution in [0.25, 0.3) is 0 Å². The Kier molecular flexibility index (Phi) is 4.73. The molecule has 0 saturated carbocycles. The van der Waals surface area contributed by atoms with E-state index in [2.05, 4.69) is 17.6 Å². The molecule has 2 N–H and O–H groups in total. The first-order valence-electron chi connectivity index (χ1n) is 7.39. The second-order valence-electron chi connectivity index (χ2n) is 5.48. The fourth-order valence-electron chi connectivity index (χ4n) is 2.70. The van der Waals surface area contributed by atoms with Crippen LogP contribution in [0.2, 0.25) is 5.02 Å². The van der Waals surface area contributed by atoms with Crippen molar-refractivity contribution in [3.05, 3.63) is 17.2 Å². The van der Waals surface area contributed by atoms with Gasteiger partial charge in [-0.1, -0.05) is 11.6 Å². The van der Waals surface area contributed by atoms with Crippen molar-refractivity contribution in [1.82, 2.24) is 5.32 Å². The van der Waals surface area contributed by atoms with E-state index in [9.17, 15) is 0 Å². The highest BCUT2D eigenvalue weighted by Gasteiger charge is 2.19. The molecule has 2 atom stereocenters. The molecule has 1 aromatic carbocycles. The number of halogens is 1. The van der Waals surface area contributed by atoms with E-state index in [1.54, 1.807) is 0 Å². The van der Waals surface area contributed by atoms with Gasteiger partial charge in [0.05, 0.1) is 23.9 Å². The van der Waals surface area contributed by atoms with Crippen molar-refractivity contribution in [3.8, 4) is 11.5 Å². The summed E-state index contributed by atoms with van der Waals surface area (Å²) in [6, 6.07) is 4.40. The minimum absolute atomic E-state index is 0.282. The number of nitrogens with one attached hydrogen (secondary N) is 2. The first-order chi connectivity index (χ1) is 10.2. The van der Waals surface area contributed by atoms with Gasteiger partial charge in [-0.05, 0) is 13.3 Å². The van der Waals surface area contributed by atoms with Gasteiger partial charge in [-0.2, -0.15) is 0 Å². The summed E-state index contributed by atoms with van der Waals surface area (Å²) in [4.78, 5) is 0. The van der Waals surface area contributed by atoms with E-state index in [4.69, 9.17) is 25.8 Å². The average molecular weight is 313 g/mol. The Bertz CT molecular complexity index is 492. The highest BCUT2D eigenvalue weighted by atomic mass is 35.5. The summed E-state index contributed by atoms with van der Waals surface area (Å²) >= 11 is 6.31. The van der Waals surface area contributed by atoms with E-state index in [1.165, 1.54) is 0 Å². The van der Waals surface area contributed by atoms with E-state index in [1.807, 2.05) is 12.1 Å². The third-order valence-electron chi connectivity index (χ3n) is 3.67. The number of rotatable bonds is 4. The molecule has 1 aromatic rings. The number of anilines is 1. The quantitative estimate of drug-likeness (QED) is 0.893. The topological polar surface area (TPSA) is 51.8 Å². The standard InChI is InChI=1S/C15H21ClN2O3/c1-10(6-11-9-19-3-2-17-11)18-13-8-15-14(7-12(13)16)20-4-5-21-15/h7-8,10-11,17-18H,2-6,9H2,1H3. The molecule has 0 spiro atoms. The van der Waals surface area contributed by atoms with Crippen LogP contribution < -0.4 is 20.1 Å². The molecule has 2 aliphatic rings. The molecule has 0 amide bonds. The fourth-order valence-corrected chi connectivity index (χ4v) is 2.91. The second kappa shape index (κ2) is 6.73. The van der Waals surface area contributed by atoms with Crippen LogP contribution in [-0.2, 0) is 4.74 Å². The second-order valence-corrected chi connectivity index (χ2v) is 5.89. The Morgan fingerprint density at radius 1 is 1.29 bits per heavy atom. The number of fused-ring (bicyclic) bond motifs is 1. The summed E-state index contributed by atoms with van der Waals surface area (Å²) in [7, 11) is 0. The van der Waals surface area contributed by atoms with Crippen LogP contribution in [0, 0.1) is 0 Å². The van der Waals surface area contributed by atoms with Gasteiger partial charge in [-0.15, -0.1) is 0 Å². The number of hydrogen-bond donors (Lipinski definition) is 2. The Morgan fingerprint density at radius 3 is 2.76 bits per heavy atom. The molecular weight excluding hydrogens is 292 g/mol. The summed E-state index contributed by atoms with van der Waals surface area (Å²) in [5.74, 6) is 1.46. The van der Waals surface area contributed by atoms with Gasteiger partial charge in [0.1, 0.15) is 13.2 Å². The maximum atomic E-state index is 6.31. The molecule has 2 heterocycles. The molecule has 0 aliphatic carbocycles. The highest BCUT2D eigenvalue weighted by molar-refractivity contribution is 6.33. The van der Waals surface area contributed by atoms with Crippen LogP contribution in [0.3, 0.4) is 0 Å². The molecule has 1 fully saturated rings. The van der Waals surface area contributed by atoms with Crippen molar-refractivity contribution in [3.63, 3.8) is 0 Å². The van der Waals surface area contributed by atoms with Gasteiger partial charge in [-0.25, -0.2) is 0 Å². The molecule has 5 nitrogen and oxygen atoms in total. The average Bonchev–Trinajstić information content (AvgIpc) is 2.49. The van der Waals surface area contributed by atoms with Gasteiger partial charge in [0, 0.05) is 30.8 Å². The van der Waals surface area contributed by atoms with E-state index in [0.717, 1.165) is 37.6 Å². The highest BCUT2D eigenvalue weighted by Crippen LogP contribution is 2.38. The van der Waals surface area contributed by atoms with Crippen LogP contribution >= 0.6 is 11.6 Å². The van der Waals surface area contributed by atoms with Gasteiger partial charge in [0.25, 0.3) is 0 Å². The van der Waals surface area contributed by atoms with Crippen molar-refractivity contribution in [1.29, 1.82) is 0 Å². The predicted octanol–water partition coefficient (Wildman–Crippen LogP) is 2.29. The minimum Gasteiger partial charge on any atom is -0.486 e. The SMILES string of the molecule is CC(CC1COCCN1)Nc1cc2c(cc1Cl)OCCO2. The number of ether oxygens (including phenoxy) is 3. The maximum absolute atomic E-state index is 6.31. The first kappa shape index (κ1) is 14.8. The molecule has 1 saturated heterocycles. The van der Waals surface area contributed by atoms with E-state index >= 15 is 0 Å². The molecule has 2 unspecified atom stereocenters. The zero-order valence-corrected chi connectivity index (χ0v) is 12.9. The molecule has 21 heavy (non-hydrogen) atoms. The fraction of sp³-hybridized carbons (Fsp3) is 0.600. The lowest BCUT2D eigenvalue weighted by molar-refractivity contribution is 0.0731. The van der Waals surface area contributed by atoms with Crippen molar-refractivity contribution >= 4 is 17.3 Å². The molecule has 0 bridgehead atoms. The monoisotopic (exact) mass is 312 g/mol. The van der Waals surface area contributed by atoms with Gasteiger partial charge >= 0.3 is 0 Å². The first-order valence-corrected chi connectivity index (χ1v) is 7.77. The summed E-state index contributed by atoms with van der Waals surface area (Å²) < 4.78 is 16.6. The molecule has 2 aliphatic heterocycles. The van der Waals surface area contributed by atoms with Crippen LogP contribution in [-0.4, -0.2) is 45.1 Å². The lowest BCUT2D eigenvalue weighted by Crippen LogP contribution is -2.43.